The number of carboxylic acids is 1. The van der Waals surface area contributed by atoms with Gasteiger partial charge in [-0.25, -0.2) is 9.59 Å². The van der Waals surface area contributed by atoms with Gasteiger partial charge in [0, 0.05) is 9.26 Å². The van der Waals surface area contributed by atoms with Crippen LogP contribution in [0.1, 0.15) is 15.9 Å². The molecule has 2 rings (SSSR count). The summed E-state index contributed by atoms with van der Waals surface area (Å²) >= 11 is 2.02. The Morgan fingerprint density at radius 3 is 2.33 bits per heavy atom. The molecule has 21 heavy (non-hydrogen) atoms. The van der Waals surface area contributed by atoms with Gasteiger partial charge < -0.3 is 15.7 Å². The van der Waals surface area contributed by atoms with Gasteiger partial charge in [0.2, 0.25) is 0 Å². The van der Waals surface area contributed by atoms with Crippen molar-refractivity contribution >= 4 is 46.0 Å². The summed E-state index contributed by atoms with van der Waals surface area (Å²) < 4.78 is 0.787. The molecule has 0 radical (unpaired) electrons. The van der Waals surface area contributed by atoms with Gasteiger partial charge in [0.15, 0.2) is 0 Å². The molecule has 0 bridgehead atoms. The van der Waals surface area contributed by atoms with E-state index >= 15 is 0 Å². The highest BCUT2D eigenvalue weighted by atomic mass is 127. The third-order valence-electron chi connectivity index (χ3n) is 2.77. The highest BCUT2D eigenvalue weighted by molar-refractivity contribution is 14.1. The maximum absolute atomic E-state index is 11.9. The Balaban J connectivity index is 2.12. The van der Waals surface area contributed by atoms with E-state index in [0.717, 1.165) is 9.13 Å². The molecule has 0 aliphatic rings. The first-order valence-corrected chi connectivity index (χ1v) is 7.21. The number of hydrogen-bond acceptors (Lipinski definition) is 2. The Morgan fingerprint density at radius 1 is 1.05 bits per heavy atom. The van der Waals surface area contributed by atoms with Gasteiger partial charge in [-0.3, -0.25) is 0 Å². The minimum atomic E-state index is -1.08. The lowest BCUT2D eigenvalue weighted by Gasteiger charge is -2.10. The van der Waals surface area contributed by atoms with Gasteiger partial charge in [0.05, 0.1) is 11.3 Å². The fraction of sp³-hybridized carbons (Fsp3) is 0.0667. The van der Waals surface area contributed by atoms with E-state index in [1.54, 1.807) is 24.3 Å². The van der Waals surface area contributed by atoms with Gasteiger partial charge in [-0.05, 0) is 59.8 Å². The van der Waals surface area contributed by atoms with Gasteiger partial charge in [-0.2, -0.15) is 0 Å². The highest BCUT2D eigenvalue weighted by Gasteiger charge is 2.13. The van der Waals surface area contributed by atoms with Crippen LogP contribution < -0.4 is 10.6 Å². The third-order valence-corrected chi connectivity index (χ3v) is 3.44. The molecule has 5 nitrogen and oxygen atoms in total. The zero-order chi connectivity index (χ0) is 15.4. The van der Waals surface area contributed by atoms with E-state index in [-0.39, 0.29) is 11.3 Å². The van der Waals surface area contributed by atoms with Crippen molar-refractivity contribution in [3.8, 4) is 0 Å². The fourth-order valence-electron chi connectivity index (χ4n) is 1.72. The number of aryl methyl sites for hydroxylation is 1. The van der Waals surface area contributed by atoms with E-state index in [2.05, 4.69) is 10.6 Å². The summed E-state index contributed by atoms with van der Waals surface area (Å²) in [4.78, 5) is 23.1. The van der Waals surface area contributed by atoms with Gasteiger partial charge in [0.1, 0.15) is 0 Å². The summed E-state index contributed by atoms with van der Waals surface area (Å²) in [5.41, 5.74) is 2.04. The Bertz CT molecular complexity index is 684. The lowest BCUT2D eigenvalue weighted by atomic mass is 10.2. The zero-order valence-corrected chi connectivity index (χ0v) is 13.3. The van der Waals surface area contributed by atoms with E-state index in [1.165, 1.54) is 6.07 Å². The standard InChI is InChI=1S/C15H13IN2O3/c1-9-2-5-11(6-3-9)17-15(21)18-13-7-4-10(16)8-12(13)14(19)20/h2-8H,1H3,(H,19,20)(H2,17,18,21). The molecule has 0 spiro atoms. The molecule has 0 aliphatic carbocycles. The van der Waals surface area contributed by atoms with Crippen LogP contribution in [0.4, 0.5) is 16.2 Å². The Morgan fingerprint density at radius 2 is 1.71 bits per heavy atom. The van der Waals surface area contributed by atoms with Crippen LogP contribution in [0.25, 0.3) is 0 Å². The summed E-state index contributed by atoms with van der Waals surface area (Å²) in [6.45, 7) is 1.95. The van der Waals surface area contributed by atoms with Crippen LogP contribution >= 0.6 is 22.6 Å². The third kappa shape index (κ3) is 4.19. The minimum Gasteiger partial charge on any atom is -0.478 e. The van der Waals surface area contributed by atoms with Crippen LogP contribution in [0.2, 0.25) is 0 Å². The SMILES string of the molecule is Cc1ccc(NC(=O)Nc2ccc(I)cc2C(=O)O)cc1. The average molecular weight is 396 g/mol. The second kappa shape index (κ2) is 6.57. The van der Waals surface area contributed by atoms with Crippen molar-refractivity contribution in [3.63, 3.8) is 0 Å². The first kappa shape index (κ1) is 15.3. The van der Waals surface area contributed by atoms with Crippen molar-refractivity contribution in [1.29, 1.82) is 0 Å². The normalized spacial score (nSPS) is 10.0. The highest BCUT2D eigenvalue weighted by Crippen LogP contribution is 2.19. The van der Waals surface area contributed by atoms with Crippen LogP contribution in [-0.4, -0.2) is 17.1 Å². The Hall–Kier alpha value is -2.09. The summed E-state index contributed by atoms with van der Waals surface area (Å²) in [6.07, 6.45) is 0. The summed E-state index contributed by atoms with van der Waals surface area (Å²) in [5, 5.41) is 14.3. The molecular weight excluding hydrogens is 383 g/mol. The zero-order valence-electron chi connectivity index (χ0n) is 11.2. The monoisotopic (exact) mass is 396 g/mol. The number of carbonyl (C=O) groups is 2. The molecular formula is C15H13IN2O3. The largest absolute Gasteiger partial charge is 0.478 e. The molecule has 0 fully saturated rings. The number of halogens is 1. The van der Waals surface area contributed by atoms with Crippen molar-refractivity contribution in [2.24, 2.45) is 0 Å². The van der Waals surface area contributed by atoms with Gasteiger partial charge in [-0.1, -0.05) is 17.7 Å². The molecule has 0 atom stereocenters. The molecule has 0 saturated heterocycles. The molecule has 0 heterocycles. The minimum absolute atomic E-state index is 0.0564. The van der Waals surface area contributed by atoms with Crippen molar-refractivity contribution < 1.29 is 14.7 Å². The van der Waals surface area contributed by atoms with Crippen LogP contribution in [0.15, 0.2) is 42.5 Å². The number of carboxylic acid groups (broad SMARTS) is 1. The van der Waals surface area contributed by atoms with Gasteiger partial charge in [-0.15, -0.1) is 0 Å². The second-order valence-corrected chi connectivity index (χ2v) is 5.69. The average Bonchev–Trinajstić information content (AvgIpc) is 2.43. The van der Waals surface area contributed by atoms with E-state index in [4.69, 9.17) is 5.11 Å². The predicted molar refractivity (Wildman–Crippen MR) is 89.9 cm³/mol. The van der Waals surface area contributed by atoms with Crippen molar-refractivity contribution in [3.05, 3.63) is 57.2 Å². The molecule has 0 aliphatic heterocycles. The smallest absolute Gasteiger partial charge is 0.337 e. The van der Waals surface area contributed by atoms with E-state index in [9.17, 15) is 9.59 Å². The van der Waals surface area contributed by atoms with Gasteiger partial charge >= 0.3 is 12.0 Å². The second-order valence-electron chi connectivity index (χ2n) is 4.44. The molecule has 6 heteroatoms. The lowest BCUT2D eigenvalue weighted by molar-refractivity contribution is 0.0698. The number of urea groups is 1. The molecule has 2 aromatic rings. The molecule has 108 valence electrons. The van der Waals surface area contributed by atoms with E-state index in [0.29, 0.717) is 5.69 Å². The lowest BCUT2D eigenvalue weighted by Crippen LogP contribution is -2.21. The quantitative estimate of drug-likeness (QED) is 0.688. The van der Waals surface area contributed by atoms with Crippen molar-refractivity contribution in [2.45, 2.75) is 6.92 Å². The maximum atomic E-state index is 11.9. The summed E-state index contributed by atoms with van der Waals surface area (Å²) in [6, 6.07) is 11.6. The maximum Gasteiger partial charge on any atom is 0.337 e. The van der Waals surface area contributed by atoms with Crippen molar-refractivity contribution in [1.82, 2.24) is 0 Å². The van der Waals surface area contributed by atoms with E-state index in [1.807, 2.05) is 41.6 Å². The number of carbonyl (C=O) groups excluding carboxylic acids is 1. The van der Waals surface area contributed by atoms with Crippen molar-refractivity contribution in [2.75, 3.05) is 10.6 Å². The van der Waals surface area contributed by atoms with Crippen LogP contribution in [0, 0.1) is 10.5 Å². The summed E-state index contributed by atoms with van der Waals surface area (Å²) in [5.74, 6) is -1.08. The first-order chi connectivity index (χ1) is 9.95. The Kier molecular flexibility index (Phi) is 4.79. The van der Waals surface area contributed by atoms with Crippen LogP contribution in [-0.2, 0) is 0 Å². The number of hydrogen-bond donors (Lipinski definition) is 3. The molecule has 2 amide bonds. The molecule has 0 aromatic heterocycles. The summed E-state index contributed by atoms with van der Waals surface area (Å²) in [7, 11) is 0. The number of anilines is 2. The number of nitrogens with one attached hydrogen (secondary N) is 2. The fourth-order valence-corrected chi connectivity index (χ4v) is 2.22. The van der Waals surface area contributed by atoms with Crippen LogP contribution in [0.3, 0.4) is 0 Å². The van der Waals surface area contributed by atoms with Crippen LogP contribution in [0.5, 0.6) is 0 Å². The predicted octanol–water partition coefficient (Wildman–Crippen LogP) is 3.94. The molecule has 0 saturated carbocycles. The molecule has 0 unspecified atom stereocenters. The number of aromatic carboxylic acids is 1. The number of rotatable bonds is 3. The number of benzene rings is 2. The number of amides is 2. The van der Waals surface area contributed by atoms with E-state index < -0.39 is 12.0 Å². The topological polar surface area (TPSA) is 78.4 Å². The van der Waals surface area contributed by atoms with Gasteiger partial charge in [0.25, 0.3) is 0 Å². The molecule has 2 aromatic carbocycles. The molecule has 3 N–H and O–H groups in total. The first-order valence-electron chi connectivity index (χ1n) is 6.13. The Labute approximate surface area is 135 Å².